The smallest absolute Gasteiger partial charge is 0.368 e. The van der Waals surface area contributed by atoms with Gasteiger partial charge < -0.3 is 29.7 Å². The predicted octanol–water partition coefficient (Wildman–Crippen LogP) is 1.40. The molecule has 0 spiro atoms. The van der Waals surface area contributed by atoms with E-state index in [9.17, 15) is 14.5 Å². The second-order valence-corrected chi connectivity index (χ2v) is 7.31. The summed E-state index contributed by atoms with van der Waals surface area (Å²) in [5.41, 5.74) is 1.11. The number of rotatable bonds is 10. The molecule has 9 heteroatoms. The number of nitrogens with one attached hydrogen (secondary N) is 1. The van der Waals surface area contributed by atoms with Crippen LogP contribution in [0.1, 0.15) is 29.8 Å². The minimum absolute atomic E-state index is 0.0535. The average molecular weight is 400 g/mol. The molecule has 0 saturated carbocycles. The number of morpholine rings is 1. The van der Waals surface area contributed by atoms with Crippen molar-refractivity contribution in [2.24, 2.45) is 0 Å². The van der Waals surface area contributed by atoms with E-state index in [0.717, 1.165) is 5.56 Å². The summed E-state index contributed by atoms with van der Waals surface area (Å²) in [6, 6.07) is 6.68. The predicted molar refractivity (Wildman–Crippen MR) is 99.6 cm³/mol. The summed E-state index contributed by atoms with van der Waals surface area (Å²) in [7, 11) is -1.08. The maximum Gasteiger partial charge on any atom is 0.368 e. The number of benzene rings is 1. The molecule has 0 aliphatic carbocycles. The van der Waals surface area contributed by atoms with Gasteiger partial charge in [-0.2, -0.15) is 0 Å². The topological polar surface area (TPSA) is 114 Å². The first-order valence-electron chi connectivity index (χ1n) is 8.96. The third-order valence-electron chi connectivity index (χ3n) is 4.40. The van der Waals surface area contributed by atoms with Gasteiger partial charge in [0.05, 0.1) is 12.2 Å². The second kappa shape index (κ2) is 10.2. The molecule has 0 radical (unpaired) electrons. The van der Waals surface area contributed by atoms with Crippen LogP contribution in [0.5, 0.6) is 0 Å². The van der Waals surface area contributed by atoms with E-state index in [0.29, 0.717) is 19.6 Å². The van der Waals surface area contributed by atoms with E-state index in [-0.39, 0.29) is 24.8 Å². The van der Waals surface area contributed by atoms with E-state index in [1.165, 1.54) is 0 Å². The number of aliphatic hydroxyl groups is 1. The van der Waals surface area contributed by atoms with Crippen molar-refractivity contribution in [1.29, 1.82) is 0 Å². The van der Waals surface area contributed by atoms with Crippen molar-refractivity contribution in [2.75, 3.05) is 26.4 Å². The largest absolute Gasteiger partial charge is 0.478 e. The van der Waals surface area contributed by atoms with Crippen LogP contribution in [0.4, 0.5) is 0 Å². The molecule has 1 saturated heterocycles. The minimum Gasteiger partial charge on any atom is -0.478 e. The molecule has 3 N–H and O–H groups in total. The molecule has 1 heterocycles. The summed E-state index contributed by atoms with van der Waals surface area (Å²) in [5, 5.41) is 21.4. The Hall–Kier alpha value is -1.41. The monoisotopic (exact) mass is 400 g/mol. The lowest BCUT2D eigenvalue weighted by Crippen LogP contribution is -2.60. The molecule has 2 rings (SSSR count). The molecule has 1 aliphatic heterocycles. The third-order valence-corrected chi connectivity index (χ3v) is 5.28. The highest BCUT2D eigenvalue weighted by Gasteiger charge is 2.56. The van der Waals surface area contributed by atoms with E-state index >= 15 is 0 Å². The normalized spacial score (nSPS) is 22.7. The fraction of sp³-hybridized carbons (Fsp3) is 0.611. The zero-order valence-electron chi connectivity index (χ0n) is 15.5. The van der Waals surface area contributed by atoms with Crippen LogP contribution in [-0.2, 0) is 25.2 Å². The van der Waals surface area contributed by atoms with Crippen LogP contribution in [0.3, 0.4) is 0 Å². The summed E-state index contributed by atoms with van der Waals surface area (Å²) in [5.74, 6) is -0.968. The lowest BCUT2D eigenvalue weighted by Gasteiger charge is -2.36. The molecule has 150 valence electrons. The molecule has 1 fully saturated rings. The highest BCUT2D eigenvalue weighted by molar-refractivity contribution is 7.25. The van der Waals surface area contributed by atoms with Gasteiger partial charge in [-0.3, -0.25) is 0 Å². The number of hydrogen-bond donors (Lipinski definition) is 3. The van der Waals surface area contributed by atoms with E-state index in [4.69, 9.17) is 19.3 Å². The first-order chi connectivity index (χ1) is 12.9. The van der Waals surface area contributed by atoms with Crippen molar-refractivity contribution >= 4 is 14.4 Å². The molecular formula is C18H27NO7P+. The van der Waals surface area contributed by atoms with E-state index in [2.05, 4.69) is 5.32 Å². The molecule has 1 aromatic rings. The van der Waals surface area contributed by atoms with Crippen molar-refractivity contribution in [1.82, 2.24) is 5.32 Å². The molecule has 0 aromatic heterocycles. The third kappa shape index (κ3) is 5.54. The number of carbonyl (C=O) groups is 1. The number of carboxylic acid groups (broad SMARTS) is 1. The van der Waals surface area contributed by atoms with E-state index < -0.39 is 32.2 Å². The molecule has 27 heavy (non-hydrogen) atoms. The number of carboxylic acids is 1. The number of ether oxygens (including phenoxy) is 3. The van der Waals surface area contributed by atoms with Gasteiger partial charge in [0.2, 0.25) is 6.29 Å². The highest BCUT2D eigenvalue weighted by atomic mass is 31.1. The zero-order valence-corrected chi connectivity index (χ0v) is 16.5. The van der Waals surface area contributed by atoms with Gasteiger partial charge in [0.1, 0.15) is 6.10 Å². The molecule has 2 unspecified atom stereocenters. The van der Waals surface area contributed by atoms with Crippen molar-refractivity contribution in [3.8, 4) is 0 Å². The molecule has 1 aliphatic rings. The van der Waals surface area contributed by atoms with Gasteiger partial charge in [0.25, 0.3) is 0 Å². The minimum atomic E-state index is -1.77. The fourth-order valence-electron chi connectivity index (χ4n) is 3.02. The van der Waals surface area contributed by atoms with Crippen LogP contribution in [-0.4, -0.2) is 66.3 Å². The maximum atomic E-state index is 11.8. The van der Waals surface area contributed by atoms with Crippen LogP contribution < -0.4 is 5.32 Å². The van der Waals surface area contributed by atoms with Crippen molar-refractivity contribution in [3.05, 3.63) is 35.4 Å². The van der Waals surface area contributed by atoms with Gasteiger partial charge in [-0.15, -0.1) is 0 Å². The van der Waals surface area contributed by atoms with Gasteiger partial charge in [-0.1, -0.05) is 16.7 Å². The Bertz CT molecular complexity index is 630. The summed E-state index contributed by atoms with van der Waals surface area (Å²) < 4.78 is 28.4. The summed E-state index contributed by atoms with van der Waals surface area (Å²) >= 11 is 0. The molecule has 0 amide bonds. The Labute approximate surface area is 160 Å². The van der Waals surface area contributed by atoms with Crippen molar-refractivity contribution < 1.29 is 33.8 Å². The summed E-state index contributed by atoms with van der Waals surface area (Å²) in [6.45, 7) is 4.69. The molecule has 1 aromatic carbocycles. The lowest BCUT2D eigenvalue weighted by molar-refractivity contribution is -0.238. The van der Waals surface area contributed by atoms with E-state index in [1.54, 1.807) is 32.0 Å². The van der Waals surface area contributed by atoms with E-state index in [1.807, 2.05) is 6.07 Å². The fourth-order valence-corrected chi connectivity index (χ4v) is 3.60. The number of aromatic carboxylic acids is 1. The second-order valence-electron chi connectivity index (χ2n) is 6.31. The van der Waals surface area contributed by atoms with Gasteiger partial charge in [0.15, 0.2) is 0 Å². The average Bonchev–Trinajstić information content (AvgIpc) is 2.68. The Morgan fingerprint density at radius 3 is 2.63 bits per heavy atom. The highest BCUT2D eigenvalue weighted by Crippen LogP contribution is 2.34. The van der Waals surface area contributed by atoms with Gasteiger partial charge in [-0.05, 0) is 38.0 Å². The number of hydrogen-bond acceptors (Lipinski definition) is 7. The zero-order chi connectivity index (χ0) is 19.9. The van der Waals surface area contributed by atoms with Crippen molar-refractivity contribution in [2.45, 2.75) is 44.0 Å². The van der Waals surface area contributed by atoms with Gasteiger partial charge in [-0.25, -0.2) is 4.79 Å². The molecule has 4 atom stereocenters. The van der Waals surface area contributed by atoms with Crippen molar-refractivity contribution in [3.63, 3.8) is 0 Å². The van der Waals surface area contributed by atoms with Gasteiger partial charge in [0, 0.05) is 25.8 Å². The maximum absolute atomic E-state index is 11.8. The standard InChI is InChI=1S/C18H26NO7P/c1-3-24-17(25-4-2)18(22,27-23)15-10-19-14(11-26-15)9-12-6-5-7-13(8-12)16(20)21/h5-8,14-15,17,19,22H,3-4,9-11H2,1-2H3,(H,20,21)/p+1/t14-,15-,18?/m1/s1. The quantitative estimate of drug-likeness (QED) is 0.399. The van der Waals surface area contributed by atoms with Crippen LogP contribution in [0.25, 0.3) is 0 Å². The Balaban J connectivity index is 1.99. The van der Waals surface area contributed by atoms with Gasteiger partial charge >= 0.3 is 19.8 Å². The summed E-state index contributed by atoms with van der Waals surface area (Å²) in [4.78, 5) is 11.1. The van der Waals surface area contributed by atoms with Crippen LogP contribution >= 0.6 is 8.46 Å². The lowest BCUT2D eigenvalue weighted by atomic mass is 10.0. The molecule has 0 bridgehead atoms. The SMILES string of the molecule is CCOC(OCC)C(O)([PH+]=O)[C@H]1CN[C@H](Cc2cccc(C(=O)O)c2)CO1. The van der Waals surface area contributed by atoms with Crippen LogP contribution in [0.2, 0.25) is 0 Å². The van der Waals surface area contributed by atoms with Crippen LogP contribution in [0, 0.1) is 0 Å². The Morgan fingerprint density at radius 1 is 1.41 bits per heavy atom. The first-order valence-corrected chi connectivity index (χ1v) is 9.87. The molecular weight excluding hydrogens is 373 g/mol. The Kier molecular flexibility index (Phi) is 8.28. The summed E-state index contributed by atoms with van der Waals surface area (Å²) in [6.07, 6.45) is -1.22. The van der Waals surface area contributed by atoms with Crippen LogP contribution in [0.15, 0.2) is 24.3 Å². The molecule has 8 nitrogen and oxygen atoms in total. The first kappa shape index (κ1) is 21.9. The Morgan fingerprint density at radius 2 is 2.11 bits per heavy atom.